The van der Waals surface area contributed by atoms with Crippen molar-refractivity contribution in [2.75, 3.05) is 52.4 Å². The van der Waals surface area contributed by atoms with Gasteiger partial charge in [0.25, 0.3) is 5.91 Å². The maximum Gasteiger partial charge on any atom is 0.490 e. The normalized spacial score (nSPS) is 18.5. The zero-order chi connectivity index (χ0) is 26.0. The van der Waals surface area contributed by atoms with Gasteiger partial charge in [-0.3, -0.25) is 14.5 Å². The van der Waals surface area contributed by atoms with Gasteiger partial charge in [0, 0.05) is 57.3 Å². The van der Waals surface area contributed by atoms with Gasteiger partial charge < -0.3 is 20.2 Å². The first-order chi connectivity index (χ1) is 16.5. The molecule has 2 amide bonds. The number of hydrogen-bond donors (Lipinski definition) is 2. The summed E-state index contributed by atoms with van der Waals surface area (Å²) in [4.78, 5) is 40.6. The van der Waals surface area contributed by atoms with Crippen LogP contribution in [0.2, 0.25) is 0 Å². The molecule has 1 atom stereocenters. The number of aliphatic carboxylic acids is 1. The van der Waals surface area contributed by atoms with Crippen molar-refractivity contribution in [1.29, 1.82) is 0 Å². The lowest BCUT2D eigenvalue weighted by Crippen LogP contribution is -2.48. The van der Waals surface area contributed by atoms with Crippen molar-refractivity contribution >= 4 is 17.8 Å². The van der Waals surface area contributed by atoms with Crippen LogP contribution in [0.15, 0.2) is 24.3 Å². The number of benzene rings is 1. The Kier molecular flexibility index (Phi) is 10.9. The van der Waals surface area contributed by atoms with Crippen molar-refractivity contribution in [3.63, 3.8) is 0 Å². The van der Waals surface area contributed by atoms with Gasteiger partial charge in [-0.25, -0.2) is 9.18 Å². The molecule has 2 heterocycles. The summed E-state index contributed by atoms with van der Waals surface area (Å²) in [5.74, 6) is -3.15. The van der Waals surface area contributed by atoms with Crippen LogP contribution < -0.4 is 5.32 Å². The molecule has 1 unspecified atom stereocenters. The maximum absolute atomic E-state index is 13.2. The van der Waals surface area contributed by atoms with Gasteiger partial charge in [0.2, 0.25) is 5.91 Å². The number of rotatable bonds is 7. The standard InChI is InChI=1S/C21H31FN4O2.C2HF3O2/c1-2-24-12-3-4-19(24)16-26(21(28)17-5-7-18(22)8-6-17)13-9-20(27)25-14-10-23-11-15-25;3-2(4,5)1(6)7/h5-8,19,23H,2-4,9-16H2,1H3;(H,6,7). The van der Waals surface area contributed by atoms with E-state index in [2.05, 4.69) is 17.1 Å². The molecule has 2 N–H and O–H groups in total. The number of nitrogens with one attached hydrogen (secondary N) is 1. The van der Waals surface area contributed by atoms with Crippen molar-refractivity contribution in [3.05, 3.63) is 35.6 Å². The summed E-state index contributed by atoms with van der Waals surface area (Å²) in [6, 6.07) is 5.99. The van der Waals surface area contributed by atoms with Gasteiger partial charge in [0.1, 0.15) is 5.82 Å². The highest BCUT2D eigenvalue weighted by molar-refractivity contribution is 5.94. The van der Waals surface area contributed by atoms with Gasteiger partial charge in [-0.05, 0) is 50.2 Å². The van der Waals surface area contributed by atoms with E-state index in [1.165, 1.54) is 24.3 Å². The Balaban J connectivity index is 0.000000540. The van der Waals surface area contributed by atoms with E-state index in [0.29, 0.717) is 31.1 Å². The molecule has 0 bridgehead atoms. The Bertz CT molecular complexity index is 845. The van der Waals surface area contributed by atoms with Crippen molar-refractivity contribution in [2.45, 2.75) is 38.4 Å². The van der Waals surface area contributed by atoms with E-state index in [1.54, 1.807) is 4.90 Å². The van der Waals surface area contributed by atoms with Gasteiger partial charge in [0.15, 0.2) is 0 Å². The van der Waals surface area contributed by atoms with Gasteiger partial charge in [0.05, 0.1) is 0 Å². The minimum absolute atomic E-state index is 0.0946. The van der Waals surface area contributed by atoms with Crippen LogP contribution in [-0.4, -0.2) is 102 Å². The molecule has 0 spiro atoms. The second kappa shape index (κ2) is 13.4. The fraction of sp³-hybridized carbons (Fsp3) is 0.609. The number of carbonyl (C=O) groups excluding carboxylic acids is 2. The molecule has 1 aromatic carbocycles. The summed E-state index contributed by atoms with van der Waals surface area (Å²) in [7, 11) is 0. The smallest absolute Gasteiger partial charge is 0.475 e. The molecule has 1 aromatic rings. The van der Waals surface area contributed by atoms with Crippen LogP contribution in [0.1, 0.15) is 36.5 Å². The Hall–Kier alpha value is -2.73. The van der Waals surface area contributed by atoms with Gasteiger partial charge in [-0.1, -0.05) is 6.92 Å². The fourth-order valence-electron chi connectivity index (χ4n) is 4.13. The lowest BCUT2D eigenvalue weighted by atomic mass is 10.1. The number of likely N-dealkylation sites (N-methyl/N-ethyl adjacent to an activating group) is 1. The molecular formula is C23H32F4N4O4. The zero-order valence-electron chi connectivity index (χ0n) is 19.7. The number of hydrogen-bond acceptors (Lipinski definition) is 5. The predicted octanol–water partition coefficient (Wildman–Crippen LogP) is 2.21. The second-order valence-electron chi connectivity index (χ2n) is 8.37. The van der Waals surface area contributed by atoms with Crippen molar-refractivity contribution in [1.82, 2.24) is 20.0 Å². The summed E-state index contributed by atoms with van der Waals surface area (Å²) in [6.45, 7) is 8.23. The van der Waals surface area contributed by atoms with E-state index in [0.717, 1.165) is 52.1 Å². The Morgan fingerprint density at radius 1 is 1.11 bits per heavy atom. The molecule has 0 radical (unpaired) electrons. The van der Waals surface area contributed by atoms with Crippen LogP contribution in [-0.2, 0) is 9.59 Å². The largest absolute Gasteiger partial charge is 0.490 e. The van der Waals surface area contributed by atoms with Crippen LogP contribution in [0.25, 0.3) is 0 Å². The quantitative estimate of drug-likeness (QED) is 0.554. The van der Waals surface area contributed by atoms with Crippen LogP contribution in [0.3, 0.4) is 0 Å². The lowest BCUT2D eigenvalue weighted by molar-refractivity contribution is -0.192. The van der Waals surface area contributed by atoms with Crippen LogP contribution >= 0.6 is 0 Å². The van der Waals surface area contributed by atoms with Crippen LogP contribution in [0.5, 0.6) is 0 Å². The number of carboxylic acid groups (broad SMARTS) is 1. The van der Waals surface area contributed by atoms with E-state index in [-0.39, 0.29) is 17.6 Å². The molecule has 2 fully saturated rings. The highest BCUT2D eigenvalue weighted by Crippen LogP contribution is 2.19. The first-order valence-electron chi connectivity index (χ1n) is 11.6. The number of alkyl halides is 3. The van der Waals surface area contributed by atoms with Crippen molar-refractivity contribution in [2.24, 2.45) is 0 Å². The number of carboxylic acids is 1. The molecule has 12 heteroatoms. The molecule has 0 aromatic heterocycles. The number of carbonyl (C=O) groups is 3. The third-order valence-corrected chi connectivity index (χ3v) is 6.02. The number of piperazine rings is 1. The third-order valence-electron chi connectivity index (χ3n) is 6.02. The number of nitrogens with zero attached hydrogens (tertiary/aromatic N) is 3. The minimum atomic E-state index is -5.08. The van der Waals surface area contributed by atoms with Gasteiger partial charge in [-0.2, -0.15) is 13.2 Å². The highest BCUT2D eigenvalue weighted by atomic mass is 19.4. The predicted molar refractivity (Wildman–Crippen MR) is 120 cm³/mol. The summed E-state index contributed by atoms with van der Waals surface area (Å²) in [5.41, 5.74) is 0.470. The highest BCUT2D eigenvalue weighted by Gasteiger charge is 2.38. The molecule has 8 nitrogen and oxygen atoms in total. The summed E-state index contributed by atoms with van der Waals surface area (Å²) in [6.07, 6.45) is -2.56. The van der Waals surface area contributed by atoms with E-state index in [1.807, 2.05) is 4.90 Å². The average molecular weight is 505 g/mol. The van der Waals surface area contributed by atoms with E-state index in [4.69, 9.17) is 9.90 Å². The molecule has 196 valence electrons. The average Bonchev–Trinajstić information content (AvgIpc) is 3.29. The molecule has 2 aliphatic rings. The monoisotopic (exact) mass is 504 g/mol. The molecule has 0 aliphatic carbocycles. The van der Waals surface area contributed by atoms with Crippen LogP contribution in [0.4, 0.5) is 17.6 Å². The number of likely N-dealkylation sites (tertiary alicyclic amines) is 1. The SMILES string of the molecule is CCN1CCCC1CN(CCC(=O)N1CCNCC1)C(=O)c1ccc(F)cc1.O=C(O)C(F)(F)F. The molecule has 35 heavy (non-hydrogen) atoms. The zero-order valence-corrected chi connectivity index (χ0v) is 19.7. The summed E-state index contributed by atoms with van der Waals surface area (Å²) >= 11 is 0. The molecule has 3 rings (SSSR count). The Morgan fingerprint density at radius 2 is 1.71 bits per heavy atom. The first-order valence-corrected chi connectivity index (χ1v) is 11.6. The molecular weight excluding hydrogens is 472 g/mol. The molecule has 2 aliphatic heterocycles. The third kappa shape index (κ3) is 9.10. The maximum atomic E-state index is 13.2. The second-order valence-corrected chi connectivity index (χ2v) is 8.37. The molecule has 0 saturated carbocycles. The van der Waals surface area contributed by atoms with Gasteiger partial charge >= 0.3 is 12.1 Å². The lowest BCUT2D eigenvalue weighted by Gasteiger charge is -2.32. The van der Waals surface area contributed by atoms with Gasteiger partial charge in [-0.15, -0.1) is 0 Å². The first kappa shape index (κ1) is 28.5. The Morgan fingerprint density at radius 3 is 2.26 bits per heavy atom. The fourth-order valence-corrected chi connectivity index (χ4v) is 4.13. The summed E-state index contributed by atoms with van der Waals surface area (Å²) in [5, 5.41) is 10.4. The minimum Gasteiger partial charge on any atom is -0.475 e. The van der Waals surface area contributed by atoms with Crippen molar-refractivity contribution in [3.8, 4) is 0 Å². The number of amides is 2. The van der Waals surface area contributed by atoms with E-state index in [9.17, 15) is 27.2 Å². The number of halogens is 4. The van der Waals surface area contributed by atoms with E-state index >= 15 is 0 Å². The molecule has 2 saturated heterocycles. The van der Waals surface area contributed by atoms with Crippen molar-refractivity contribution < 1.29 is 37.1 Å². The topological polar surface area (TPSA) is 93.2 Å². The van der Waals surface area contributed by atoms with Crippen LogP contribution in [0, 0.1) is 5.82 Å². The van der Waals surface area contributed by atoms with E-state index < -0.39 is 12.1 Å². The summed E-state index contributed by atoms with van der Waals surface area (Å²) < 4.78 is 45.0. The Labute approximate surface area is 201 Å².